The van der Waals surface area contributed by atoms with Gasteiger partial charge >= 0.3 is 0 Å². The van der Waals surface area contributed by atoms with Gasteiger partial charge in [0, 0.05) is 31.7 Å². The van der Waals surface area contributed by atoms with Gasteiger partial charge in [-0.15, -0.1) is 0 Å². The summed E-state index contributed by atoms with van der Waals surface area (Å²) in [5.74, 6) is 0.268. The number of nitrogens with zero attached hydrogens (tertiary/aromatic N) is 1. The predicted octanol–water partition coefficient (Wildman–Crippen LogP) is 1.59. The van der Waals surface area contributed by atoms with Crippen LogP contribution in [0.3, 0.4) is 0 Å². The van der Waals surface area contributed by atoms with Crippen molar-refractivity contribution in [2.45, 2.75) is 58.6 Å². The van der Waals surface area contributed by atoms with Crippen molar-refractivity contribution in [1.29, 1.82) is 0 Å². The second kappa shape index (κ2) is 9.51. The van der Waals surface area contributed by atoms with Crippen LogP contribution in [0.1, 0.15) is 47.0 Å². The molecule has 0 aromatic carbocycles. The molecule has 2 N–H and O–H groups in total. The fourth-order valence-electron chi connectivity index (χ4n) is 2.43. The molecule has 1 saturated heterocycles. The predicted molar refractivity (Wildman–Crippen MR) is 86.2 cm³/mol. The van der Waals surface area contributed by atoms with E-state index in [1.54, 1.807) is 0 Å². The van der Waals surface area contributed by atoms with E-state index < -0.39 is 0 Å². The van der Waals surface area contributed by atoms with Crippen LogP contribution in [0.4, 0.5) is 0 Å². The van der Waals surface area contributed by atoms with Crippen LogP contribution in [-0.2, 0) is 9.53 Å². The summed E-state index contributed by atoms with van der Waals surface area (Å²) in [4.78, 5) is 13.1. The van der Waals surface area contributed by atoms with Crippen molar-refractivity contribution in [3.05, 3.63) is 0 Å². The minimum absolute atomic E-state index is 0.112. The first-order valence-corrected chi connectivity index (χ1v) is 8.18. The average Bonchev–Trinajstić information content (AvgIpc) is 2.43. The van der Waals surface area contributed by atoms with Crippen molar-refractivity contribution in [1.82, 2.24) is 15.5 Å². The zero-order valence-corrected chi connectivity index (χ0v) is 14.2. The number of hydrogen-bond acceptors (Lipinski definition) is 5. The smallest absolute Gasteiger partial charge is 0.123 e. The number of carbonyl (C=O) groups excluding carboxylic acids is 1. The molecule has 0 unspecified atom stereocenters. The monoisotopic (exact) mass is 299 g/mol. The number of likely N-dealkylation sites (tertiary alicyclic amines) is 1. The van der Waals surface area contributed by atoms with Crippen LogP contribution in [-0.4, -0.2) is 55.9 Å². The summed E-state index contributed by atoms with van der Waals surface area (Å²) in [5, 5.41) is 6.75. The summed E-state index contributed by atoms with van der Waals surface area (Å²) in [6.07, 6.45) is 4.07. The van der Waals surface area contributed by atoms with Crippen LogP contribution in [0, 0.1) is 5.92 Å². The molecule has 0 aliphatic carbocycles. The zero-order chi connectivity index (χ0) is 15.7. The van der Waals surface area contributed by atoms with Gasteiger partial charge in [0.1, 0.15) is 6.29 Å². The molecule has 0 amide bonds. The third-order valence-electron chi connectivity index (χ3n) is 4.00. The maximum Gasteiger partial charge on any atom is 0.123 e. The van der Waals surface area contributed by atoms with Crippen LogP contribution in [0.2, 0.25) is 0 Å². The fourth-order valence-corrected chi connectivity index (χ4v) is 2.43. The molecule has 21 heavy (non-hydrogen) atoms. The molecule has 1 aliphatic heterocycles. The summed E-state index contributed by atoms with van der Waals surface area (Å²) in [6.45, 7) is 13.0. The number of hydrogen-bond donors (Lipinski definition) is 2. The van der Waals surface area contributed by atoms with Gasteiger partial charge in [-0.3, -0.25) is 10.2 Å². The van der Waals surface area contributed by atoms with Crippen molar-refractivity contribution in [3.63, 3.8) is 0 Å². The summed E-state index contributed by atoms with van der Waals surface area (Å²) in [6, 6.07) is 0.521. The molecule has 0 aromatic rings. The highest BCUT2D eigenvalue weighted by Crippen LogP contribution is 2.14. The van der Waals surface area contributed by atoms with E-state index in [9.17, 15) is 4.79 Å². The molecule has 1 fully saturated rings. The first kappa shape index (κ1) is 18.6. The largest absolute Gasteiger partial charge is 0.360 e. The summed E-state index contributed by atoms with van der Waals surface area (Å²) >= 11 is 0. The van der Waals surface area contributed by atoms with E-state index in [1.165, 1.54) is 0 Å². The first-order valence-electron chi connectivity index (χ1n) is 8.18. The Morgan fingerprint density at radius 3 is 2.57 bits per heavy atom. The molecule has 0 spiro atoms. The van der Waals surface area contributed by atoms with Crippen LogP contribution >= 0.6 is 0 Å². The van der Waals surface area contributed by atoms with E-state index in [4.69, 9.17) is 4.74 Å². The normalized spacial score (nSPS) is 18.3. The van der Waals surface area contributed by atoms with Gasteiger partial charge in [-0.05, 0) is 39.7 Å². The van der Waals surface area contributed by atoms with E-state index >= 15 is 0 Å². The van der Waals surface area contributed by atoms with Gasteiger partial charge in [-0.2, -0.15) is 0 Å². The Morgan fingerprint density at radius 2 is 2.00 bits per heavy atom. The van der Waals surface area contributed by atoms with Crippen molar-refractivity contribution in [2.24, 2.45) is 5.92 Å². The van der Waals surface area contributed by atoms with E-state index in [-0.39, 0.29) is 11.5 Å². The van der Waals surface area contributed by atoms with Gasteiger partial charge in [0.15, 0.2) is 0 Å². The van der Waals surface area contributed by atoms with E-state index in [2.05, 4.69) is 43.2 Å². The van der Waals surface area contributed by atoms with Gasteiger partial charge in [0.05, 0.1) is 12.3 Å². The third-order valence-corrected chi connectivity index (χ3v) is 4.00. The SMILES string of the molecule is CC(C)NCCC(C)(C)OCNCN1CCC(C=O)CC1. The minimum atomic E-state index is -0.112. The molecule has 0 aromatic heterocycles. The van der Waals surface area contributed by atoms with Crippen LogP contribution in [0.25, 0.3) is 0 Å². The number of rotatable bonds is 10. The molecular weight excluding hydrogens is 266 g/mol. The molecule has 0 atom stereocenters. The van der Waals surface area contributed by atoms with Gasteiger partial charge in [0.2, 0.25) is 0 Å². The Bertz CT molecular complexity index is 287. The molecule has 0 radical (unpaired) electrons. The highest BCUT2D eigenvalue weighted by Gasteiger charge is 2.19. The maximum atomic E-state index is 10.7. The highest BCUT2D eigenvalue weighted by atomic mass is 16.5. The quantitative estimate of drug-likeness (QED) is 0.364. The lowest BCUT2D eigenvalue weighted by atomic mass is 9.99. The maximum absolute atomic E-state index is 10.7. The first-order chi connectivity index (χ1) is 9.93. The van der Waals surface area contributed by atoms with Gasteiger partial charge in [-0.25, -0.2) is 0 Å². The van der Waals surface area contributed by atoms with Gasteiger partial charge < -0.3 is 14.8 Å². The van der Waals surface area contributed by atoms with Crippen LogP contribution in [0.15, 0.2) is 0 Å². The number of piperidine rings is 1. The van der Waals surface area contributed by atoms with Gasteiger partial charge in [0.25, 0.3) is 0 Å². The Balaban J connectivity index is 2.06. The molecule has 0 bridgehead atoms. The Labute approximate surface area is 129 Å². The summed E-state index contributed by atoms with van der Waals surface area (Å²) in [5.41, 5.74) is -0.112. The number of carbonyl (C=O) groups is 1. The number of aldehydes is 1. The van der Waals surface area contributed by atoms with Crippen molar-refractivity contribution in [3.8, 4) is 0 Å². The van der Waals surface area contributed by atoms with E-state index in [0.29, 0.717) is 12.8 Å². The lowest BCUT2D eigenvalue weighted by molar-refractivity contribution is -0.112. The summed E-state index contributed by atoms with van der Waals surface area (Å²) < 4.78 is 5.91. The van der Waals surface area contributed by atoms with E-state index in [0.717, 1.165) is 51.9 Å². The lowest BCUT2D eigenvalue weighted by Gasteiger charge is -2.31. The molecular formula is C16H33N3O2. The fraction of sp³-hybridized carbons (Fsp3) is 0.938. The van der Waals surface area contributed by atoms with Crippen LogP contribution in [0.5, 0.6) is 0 Å². The standard InChI is InChI=1S/C16H33N3O2/c1-14(2)18-8-7-16(3,4)21-13-17-12-19-9-5-15(11-20)6-10-19/h11,14-15,17-18H,5-10,12-13H2,1-4H3. The third kappa shape index (κ3) is 8.51. The van der Waals surface area contributed by atoms with Gasteiger partial charge in [-0.1, -0.05) is 13.8 Å². The number of nitrogens with one attached hydrogen (secondary N) is 2. The Hall–Kier alpha value is -0.490. The minimum Gasteiger partial charge on any atom is -0.360 e. The van der Waals surface area contributed by atoms with Crippen molar-refractivity contribution in [2.75, 3.05) is 33.0 Å². The second-order valence-corrected chi connectivity index (χ2v) is 6.91. The number of ether oxygens (including phenoxy) is 1. The molecule has 124 valence electrons. The molecule has 1 heterocycles. The van der Waals surface area contributed by atoms with Crippen molar-refractivity contribution >= 4 is 6.29 Å². The lowest BCUT2D eigenvalue weighted by Crippen LogP contribution is -2.42. The molecule has 1 aliphatic rings. The Kier molecular flexibility index (Phi) is 8.41. The molecule has 5 nitrogen and oxygen atoms in total. The molecule has 1 rings (SSSR count). The van der Waals surface area contributed by atoms with E-state index in [1.807, 2.05) is 0 Å². The van der Waals surface area contributed by atoms with Crippen LogP contribution < -0.4 is 10.6 Å². The molecule has 5 heteroatoms. The zero-order valence-electron chi connectivity index (χ0n) is 14.2. The molecule has 0 saturated carbocycles. The second-order valence-electron chi connectivity index (χ2n) is 6.91. The summed E-state index contributed by atoms with van der Waals surface area (Å²) in [7, 11) is 0. The average molecular weight is 299 g/mol. The topological polar surface area (TPSA) is 53.6 Å². The highest BCUT2D eigenvalue weighted by molar-refractivity contribution is 5.53. The Morgan fingerprint density at radius 1 is 1.33 bits per heavy atom. The van der Waals surface area contributed by atoms with Crippen molar-refractivity contribution < 1.29 is 9.53 Å².